The molecule has 0 radical (unpaired) electrons. The molecular formula is C21H14BrN5O2S. The quantitative estimate of drug-likeness (QED) is 0.218. The standard InChI is InChI=1S/C21H14BrN5O2S/c22-16-7-5-6-15(12-16)20-14-30-21(25-18-9-1-2-10-19(18)27(28)29)26(20)24-13-17-8-3-4-11-23-17/h1-14H. The van der Waals surface area contributed by atoms with Gasteiger partial charge in [0.05, 0.1) is 22.5 Å². The SMILES string of the molecule is O=[N+]([O-])c1ccccc1N=c1scc(-c2cccc(Br)c2)n1N=Cc1ccccn1. The summed E-state index contributed by atoms with van der Waals surface area (Å²) in [5, 5.41) is 17.9. The molecule has 0 fully saturated rings. The van der Waals surface area contributed by atoms with Crippen LogP contribution in [0.2, 0.25) is 0 Å². The highest BCUT2D eigenvalue weighted by Crippen LogP contribution is 2.27. The fourth-order valence-electron chi connectivity index (χ4n) is 2.72. The maximum Gasteiger partial charge on any atom is 0.294 e. The Morgan fingerprint density at radius 1 is 1.10 bits per heavy atom. The lowest BCUT2D eigenvalue weighted by atomic mass is 10.2. The van der Waals surface area contributed by atoms with E-state index >= 15 is 0 Å². The first-order valence-electron chi connectivity index (χ1n) is 8.82. The molecule has 7 nitrogen and oxygen atoms in total. The molecule has 2 heterocycles. The number of nitro groups is 1. The number of nitro benzene ring substituents is 1. The zero-order valence-electron chi connectivity index (χ0n) is 15.4. The number of aromatic nitrogens is 2. The zero-order valence-corrected chi connectivity index (χ0v) is 17.8. The lowest BCUT2D eigenvalue weighted by Crippen LogP contribution is -2.12. The summed E-state index contributed by atoms with van der Waals surface area (Å²) in [4.78, 5) is 20.2. The Balaban J connectivity index is 1.89. The van der Waals surface area contributed by atoms with Gasteiger partial charge in [0.1, 0.15) is 5.69 Å². The molecule has 0 N–H and O–H groups in total. The van der Waals surface area contributed by atoms with Crippen LogP contribution in [0.1, 0.15) is 5.69 Å². The number of nitrogens with zero attached hydrogens (tertiary/aromatic N) is 5. The van der Waals surface area contributed by atoms with E-state index in [0.29, 0.717) is 10.5 Å². The number of halogens is 1. The van der Waals surface area contributed by atoms with E-state index in [2.05, 4.69) is 31.0 Å². The molecule has 0 aliphatic rings. The number of hydrogen-bond donors (Lipinski definition) is 0. The van der Waals surface area contributed by atoms with E-state index in [4.69, 9.17) is 0 Å². The Morgan fingerprint density at radius 2 is 1.93 bits per heavy atom. The minimum Gasteiger partial charge on any atom is -0.258 e. The molecule has 4 aromatic rings. The summed E-state index contributed by atoms with van der Waals surface area (Å²) in [5.41, 5.74) is 2.64. The minimum absolute atomic E-state index is 0.0600. The minimum atomic E-state index is -0.441. The molecule has 2 aromatic carbocycles. The van der Waals surface area contributed by atoms with E-state index in [1.165, 1.54) is 17.4 Å². The van der Waals surface area contributed by atoms with Gasteiger partial charge in [0.25, 0.3) is 5.69 Å². The molecule has 30 heavy (non-hydrogen) atoms. The van der Waals surface area contributed by atoms with Crippen LogP contribution >= 0.6 is 27.3 Å². The van der Waals surface area contributed by atoms with Crippen LogP contribution in [0.3, 0.4) is 0 Å². The van der Waals surface area contributed by atoms with Crippen LogP contribution in [0.4, 0.5) is 11.4 Å². The zero-order chi connectivity index (χ0) is 20.9. The highest BCUT2D eigenvalue weighted by atomic mass is 79.9. The van der Waals surface area contributed by atoms with E-state index in [-0.39, 0.29) is 11.4 Å². The van der Waals surface area contributed by atoms with Gasteiger partial charge in [-0.3, -0.25) is 15.1 Å². The highest BCUT2D eigenvalue weighted by molar-refractivity contribution is 9.10. The van der Waals surface area contributed by atoms with Crippen LogP contribution in [-0.4, -0.2) is 20.8 Å². The van der Waals surface area contributed by atoms with Crippen LogP contribution in [0.5, 0.6) is 0 Å². The van der Waals surface area contributed by atoms with Crippen LogP contribution in [0, 0.1) is 10.1 Å². The predicted octanol–water partition coefficient (Wildman–Crippen LogP) is 5.40. The van der Waals surface area contributed by atoms with E-state index in [9.17, 15) is 10.1 Å². The Bertz CT molecular complexity index is 1300. The fourth-order valence-corrected chi connectivity index (χ4v) is 3.97. The second-order valence-electron chi connectivity index (χ2n) is 6.08. The number of rotatable bonds is 5. The Labute approximate surface area is 184 Å². The van der Waals surface area contributed by atoms with Gasteiger partial charge in [-0.15, -0.1) is 11.3 Å². The smallest absolute Gasteiger partial charge is 0.258 e. The van der Waals surface area contributed by atoms with Crippen molar-refractivity contribution >= 4 is 44.9 Å². The van der Waals surface area contributed by atoms with Crippen molar-refractivity contribution in [2.45, 2.75) is 0 Å². The third-order valence-corrected chi connectivity index (χ3v) is 5.40. The molecule has 0 spiro atoms. The van der Waals surface area contributed by atoms with Crippen molar-refractivity contribution in [3.8, 4) is 11.3 Å². The first-order chi connectivity index (χ1) is 14.6. The van der Waals surface area contributed by atoms with Gasteiger partial charge in [0.2, 0.25) is 4.80 Å². The maximum atomic E-state index is 11.4. The molecule has 0 bridgehead atoms. The van der Waals surface area contributed by atoms with Gasteiger partial charge < -0.3 is 0 Å². The lowest BCUT2D eigenvalue weighted by molar-refractivity contribution is -0.384. The van der Waals surface area contributed by atoms with E-state index < -0.39 is 4.92 Å². The van der Waals surface area contributed by atoms with Gasteiger partial charge in [-0.05, 0) is 30.3 Å². The summed E-state index contributed by atoms with van der Waals surface area (Å²) in [7, 11) is 0. The van der Waals surface area contributed by atoms with Crippen LogP contribution in [-0.2, 0) is 0 Å². The normalized spacial score (nSPS) is 11.8. The molecule has 0 saturated carbocycles. The molecule has 0 aliphatic heterocycles. The van der Waals surface area contributed by atoms with Crippen molar-refractivity contribution in [3.63, 3.8) is 0 Å². The second-order valence-corrected chi connectivity index (χ2v) is 7.83. The molecule has 2 aromatic heterocycles. The average molecular weight is 480 g/mol. The number of benzene rings is 2. The number of pyridine rings is 1. The maximum absolute atomic E-state index is 11.4. The molecule has 0 amide bonds. The van der Waals surface area contributed by atoms with Crippen molar-refractivity contribution in [1.82, 2.24) is 9.66 Å². The van der Waals surface area contributed by atoms with Gasteiger partial charge in [-0.25, -0.2) is 9.67 Å². The first-order valence-corrected chi connectivity index (χ1v) is 10.5. The third-order valence-electron chi connectivity index (χ3n) is 4.09. The molecule has 4 rings (SSSR count). The molecule has 0 saturated heterocycles. The molecule has 148 valence electrons. The largest absolute Gasteiger partial charge is 0.294 e. The highest BCUT2D eigenvalue weighted by Gasteiger charge is 2.13. The van der Waals surface area contributed by atoms with Crippen molar-refractivity contribution in [1.29, 1.82) is 0 Å². The van der Waals surface area contributed by atoms with Gasteiger partial charge in [-0.1, -0.05) is 46.3 Å². The Hall–Kier alpha value is -3.43. The van der Waals surface area contributed by atoms with Crippen molar-refractivity contribution in [2.24, 2.45) is 10.1 Å². The van der Waals surface area contributed by atoms with Gasteiger partial charge >= 0.3 is 0 Å². The molecule has 0 atom stereocenters. The Morgan fingerprint density at radius 3 is 2.70 bits per heavy atom. The summed E-state index contributed by atoms with van der Waals surface area (Å²) >= 11 is 4.84. The van der Waals surface area contributed by atoms with Crippen LogP contribution in [0.15, 0.2) is 92.9 Å². The van der Waals surface area contributed by atoms with Crippen LogP contribution in [0.25, 0.3) is 11.3 Å². The van der Waals surface area contributed by atoms with Crippen molar-refractivity contribution in [2.75, 3.05) is 0 Å². The van der Waals surface area contributed by atoms with Gasteiger partial charge in [-0.2, -0.15) is 5.10 Å². The molecule has 0 unspecified atom stereocenters. The number of thiazole rings is 1. The van der Waals surface area contributed by atoms with Crippen LogP contribution < -0.4 is 4.80 Å². The summed E-state index contributed by atoms with van der Waals surface area (Å²) in [5.74, 6) is 0. The fraction of sp³-hybridized carbons (Fsp3) is 0. The van der Waals surface area contributed by atoms with Crippen molar-refractivity contribution < 1.29 is 4.92 Å². The third kappa shape index (κ3) is 4.42. The second kappa shape index (κ2) is 8.93. The number of para-hydroxylation sites is 2. The predicted molar refractivity (Wildman–Crippen MR) is 121 cm³/mol. The monoisotopic (exact) mass is 479 g/mol. The van der Waals surface area contributed by atoms with E-state index in [1.807, 2.05) is 47.8 Å². The van der Waals surface area contributed by atoms with E-state index in [1.54, 1.807) is 35.3 Å². The van der Waals surface area contributed by atoms with Gasteiger partial charge in [0.15, 0.2) is 0 Å². The van der Waals surface area contributed by atoms with E-state index in [0.717, 1.165) is 15.7 Å². The lowest BCUT2D eigenvalue weighted by Gasteiger charge is -2.04. The molecule has 0 aliphatic carbocycles. The topological polar surface area (TPSA) is 85.7 Å². The molecule has 9 heteroatoms. The summed E-state index contributed by atoms with van der Waals surface area (Å²) < 4.78 is 2.60. The molecular weight excluding hydrogens is 466 g/mol. The summed E-state index contributed by atoms with van der Waals surface area (Å²) in [6.45, 7) is 0. The number of hydrogen-bond acceptors (Lipinski definition) is 6. The summed E-state index contributed by atoms with van der Waals surface area (Å²) in [6, 6.07) is 19.7. The Kier molecular flexibility index (Phi) is 5.92. The first kappa shape index (κ1) is 19.9. The van der Waals surface area contributed by atoms with Crippen molar-refractivity contribution in [3.05, 3.63) is 103 Å². The van der Waals surface area contributed by atoms with Gasteiger partial charge in [0, 0.05) is 27.7 Å². The summed E-state index contributed by atoms with van der Waals surface area (Å²) in [6.07, 6.45) is 3.32. The average Bonchev–Trinajstić information content (AvgIpc) is 3.15.